The molecule has 0 fully saturated rings. The Morgan fingerprint density at radius 1 is 1.26 bits per heavy atom. The molecule has 3 nitrogen and oxygen atoms in total. The minimum atomic E-state index is -0.0699. The average Bonchev–Trinajstić information content (AvgIpc) is 2.39. The lowest BCUT2D eigenvalue weighted by molar-refractivity contribution is 0.504. The Bertz CT molecular complexity index is 403. The summed E-state index contributed by atoms with van der Waals surface area (Å²) in [5, 5.41) is 12.4. The Balaban J connectivity index is 2.57. The lowest BCUT2D eigenvalue weighted by Crippen LogP contribution is -2.37. The van der Waals surface area contributed by atoms with Crippen molar-refractivity contribution in [1.82, 2.24) is 5.32 Å². The van der Waals surface area contributed by atoms with Crippen LogP contribution < -0.4 is 10.2 Å². The van der Waals surface area contributed by atoms with Crippen LogP contribution >= 0.6 is 0 Å². The minimum Gasteiger partial charge on any atom is -0.372 e. The third kappa shape index (κ3) is 5.32. The SMILES string of the molecule is CCN(CCC(C#N)NC(C)C)c1ccc(C)cc1. The highest BCUT2D eigenvalue weighted by atomic mass is 15.1. The van der Waals surface area contributed by atoms with Crippen LogP contribution in [-0.2, 0) is 0 Å². The first kappa shape index (κ1) is 15.5. The van der Waals surface area contributed by atoms with Crippen LogP contribution in [0.2, 0.25) is 0 Å². The molecule has 0 aromatic heterocycles. The molecule has 1 atom stereocenters. The highest BCUT2D eigenvalue weighted by Crippen LogP contribution is 2.15. The van der Waals surface area contributed by atoms with Crippen LogP contribution in [0, 0.1) is 18.3 Å². The zero-order valence-corrected chi connectivity index (χ0v) is 12.5. The van der Waals surface area contributed by atoms with E-state index in [1.54, 1.807) is 0 Å². The maximum Gasteiger partial charge on any atom is 0.0971 e. The molecular weight excluding hydrogens is 234 g/mol. The largest absolute Gasteiger partial charge is 0.372 e. The summed E-state index contributed by atoms with van der Waals surface area (Å²) in [6.45, 7) is 10.2. The Hall–Kier alpha value is -1.53. The topological polar surface area (TPSA) is 39.1 Å². The monoisotopic (exact) mass is 259 g/mol. The number of benzene rings is 1. The average molecular weight is 259 g/mol. The fourth-order valence-corrected chi connectivity index (χ4v) is 2.10. The highest BCUT2D eigenvalue weighted by Gasteiger charge is 2.11. The highest BCUT2D eigenvalue weighted by molar-refractivity contribution is 5.47. The number of rotatable bonds is 7. The molecule has 19 heavy (non-hydrogen) atoms. The summed E-state index contributed by atoms with van der Waals surface area (Å²) in [5.41, 5.74) is 2.51. The normalized spacial score (nSPS) is 12.2. The van der Waals surface area contributed by atoms with Crippen LogP contribution in [0.25, 0.3) is 0 Å². The van der Waals surface area contributed by atoms with Gasteiger partial charge in [0.1, 0.15) is 0 Å². The van der Waals surface area contributed by atoms with Crippen molar-refractivity contribution in [2.24, 2.45) is 0 Å². The summed E-state index contributed by atoms with van der Waals surface area (Å²) in [7, 11) is 0. The van der Waals surface area contributed by atoms with Crippen molar-refractivity contribution in [1.29, 1.82) is 5.26 Å². The molecule has 1 aromatic carbocycles. The van der Waals surface area contributed by atoms with Crippen LogP contribution in [0.5, 0.6) is 0 Å². The first-order chi connectivity index (χ1) is 9.06. The van der Waals surface area contributed by atoms with Gasteiger partial charge in [0, 0.05) is 24.8 Å². The molecule has 0 bridgehead atoms. The third-order valence-corrected chi connectivity index (χ3v) is 3.16. The maximum absolute atomic E-state index is 9.14. The fraction of sp³-hybridized carbons (Fsp3) is 0.562. The Kier molecular flexibility index (Phi) is 6.38. The summed E-state index contributed by atoms with van der Waals surface area (Å²) in [6, 6.07) is 11.2. The van der Waals surface area contributed by atoms with Crippen LogP contribution in [0.1, 0.15) is 32.8 Å². The van der Waals surface area contributed by atoms with Gasteiger partial charge in [-0.15, -0.1) is 0 Å². The third-order valence-electron chi connectivity index (χ3n) is 3.16. The van der Waals surface area contributed by atoms with Crippen LogP contribution in [0.4, 0.5) is 5.69 Å². The lowest BCUT2D eigenvalue weighted by atomic mass is 10.1. The van der Waals surface area contributed by atoms with Crippen molar-refractivity contribution in [2.75, 3.05) is 18.0 Å². The number of nitriles is 1. The van der Waals surface area contributed by atoms with Crippen molar-refractivity contribution >= 4 is 5.69 Å². The number of hydrogen-bond acceptors (Lipinski definition) is 3. The van der Waals surface area contributed by atoms with Gasteiger partial charge in [0.2, 0.25) is 0 Å². The molecule has 104 valence electrons. The molecule has 3 heteroatoms. The molecule has 1 rings (SSSR count). The van der Waals surface area contributed by atoms with Gasteiger partial charge in [-0.05, 0) is 46.2 Å². The van der Waals surface area contributed by atoms with E-state index in [1.807, 2.05) is 0 Å². The van der Waals surface area contributed by atoms with Gasteiger partial charge in [-0.25, -0.2) is 0 Å². The molecular formula is C16H25N3. The summed E-state index contributed by atoms with van der Waals surface area (Å²) in [6.07, 6.45) is 0.844. The molecule has 0 aliphatic carbocycles. The van der Waals surface area contributed by atoms with E-state index in [9.17, 15) is 0 Å². The number of hydrogen-bond donors (Lipinski definition) is 1. The van der Waals surface area contributed by atoms with E-state index in [0.717, 1.165) is 19.5 Å². The van der Waals surface area contributed by atoms with E-state index in [0.29, 0.717) is 6.04 Å². The number of anilines is 1. The Labute approximate surface area is 117 Å². The quantitative estimate of drug-likeness (QED) is 0.818. The van der Waals surface area contributed by atoms with Gasteiger partial charge in [0.05, 0.1) is 12.1 Å². The standard InChI is InChI=1S/C16H25N3/c1-5-19(16-8-6-14(4)7-9-16)11-10-15(12-17)18-13(2)3/h6-9,13,15,18H,5,10-11H2,1-4H3. The molecule has 1 aromatic rings. The van der Waals surface area contributed by atoms with E-state index in [2.05, 4.69) is 68.2 Å². The number of nitrogens with zero attached hydrogens (tertiary/aromatic N) is 2. The summed E-state index contributed by atoms with van der Waals surface area (Å²) in [5.74, 6) is 0. The van der Waals surface area contributed by atoms with Crippen molar-refractivity contribution in [3.63, 3.8) is 0 Å². The number of aryl methyl sites for hydroxylation is 1. The van der Waals surface area contributed by atoms with Crippen LogP contribution in [0.3, 0.4) is 0 Å². The first-order valence-corrected chi connectivity index (χ1v) is 7.04. The summed E-state index contributed by atoms with van der Waals surface area (Å²) >= 11 is 0. The molecule has 0 amide bonds. The predicted molar refractivity (Wildman–Crippen MR) is 81.4 cm³/mol. The van der Waals surface area contributed by atoms with Gasteiger partial charge >= 0.3 is 0 Å². The zero-order chi connectivity index (χ0) is 14.3. The molecule has 0 aliphatic heterocycles. The Morgan fingerprint density at radius 2 is 1.89 bits per heavy atom. The van der Waals surface area contributed by atoms with E-state index in [4.69, 9.17) is 5.26 Å². The summed E-state index contributed by atoms with van der Waals surface area (Å²) in [4.78, 5) is 2.31. The van der Waals surface area contributed by atoms with Crippen molar-refractivity contribution < 1.29 is 0 Å². The Morgan fingerprint density at radius 3 is 2.37 bits per heavy atom. The number of nitrogens with one attached hydrogen (secondary N) is 1. The van der Waals surface area contributed by atoms with E-state index < -0.39 is 0 Å². The minimum absolute atomic E-state index is 0.0699. The summed E-state index contributed by atoms with van der Waals surface area (Å²) < 4.78 is 0. The van der Waals surface area contributed by atoms with Crippen LogP contribution in [-0.4, -0.2) is 25.2 Å². The van der Waals surface area contributed by atoms with E-state index in [1.165, 1.54) is 11.3 Å². The second kappa shape index (κ2) is 7.81. The molecule has 0 saturated heterocycles. The molecule has 0 aliphatic rings. The molecule has 0 spiro atoms. The second-order valence-electron chi connectivity index (χ2n) is 5.21. The lowest BCUT2D eigenvalue weighted by Gasteiger charge is -2.25. The van der Waals surface area contributed by atoms with Gasteiger partial charge in [0.25, 0.3) is 0 Å². The van der Waals surface area contributed by atoms with E-state index >= 15 is 0 Å². The first-order valence-electron chi connectivity index (χ1n) is 7.04. The van der Waals surface area contributed by atoms with Crippen LogP contribution in [0.15, 0.2) is 24.3 Å². The predicted octanol–water partition coefficient (Wildman–Crippen LogP) is 3.10. The molecule has 1 unspecified atom stereocenters. The maximum atomic E-state index is 9.14. The van der Waals surface area contributed by atoms with Gasteiger partial charge in [0.15, 0.2) is 0 Å². The second-order valence-corrected chi connectivity index (χ2v) is 5.21. The van der Waals surface area contributed by atoms with Crippen molar-refractivity contribution in [3.05, 3.63) is 29.8 Å². The van der Waals surface area contributed by atoms with E-state index in [-0.39, 0.29) is 6.04 Å². The molecule has 0 saturated carbocycles. The smallest absolute Gasteiger partial charge is 0.0971 e. The van der Waals surface area contributed by atoms with Gasteiger partial charge in [-0.3, -0.25) is 5.32 Å². The molecule has 0 heterocycles. The zero-order valence-electron chi connectivity index (χ0n) is 12.5. The molecule has 0 radical (unpaired) electrons. The van der Waals surface area contributed by atoms with Gasteiger partial charge in [-0.2, -0.15) is 5.26 Å². The van der Waals surface area contributed by atoms with Crippen molar-refractivity contribution in [2.45, 2.75) is 46.2 Å². The molecule has 1 N–H and O–H groups in total. The van der Waals surface area contributed by atoms with Crippen molar-refractivity contribution in [3.8, 4) is 6.07 Å². The van der Waals surface area contributed by atoms with Gasteiger partial charge in [-0.1, -0.05) is 17.7 Å². The van der Waals surface area contributed by atoms with Gasteiger partial charge < -0.3 is 4.90 Å². The fourth-order valence-electron chi connectivity index (χ4n) is 2.10.